The summed E-state index contributed by atoms with van der Waals surface area (Å²) in [5.74, 6) is 0. The molecule has 1 aromatic carbocycles. The van der Waals surface area contributed by atoms with Crippen molar-refractivity contribution in [3.63, 3.8) is 0 Å². The van der Waals surface area contributed by atoms with Crippen molar-refractivity contribution in [1.82, 2.24) is 0 Å². The lowest BCUT2D eigenvalue weighted by Gasteiger charge is -2.14. The molecule has 46 valence electrons. The smallest absolute Gasteiger partial charge is 0.113 e. The summed E-state index contributed by atoms with van der Waals surface area (Å²) in [6, 6.07) is 8.22. The van der Waals surface area contributed by atoms with Gasteiger partial charge in [0.1, 0.15) is 15.7 Å². The van der Waals surface area contributed by atoms with Crippen LogP contribution in [0.1, 0.15) is 5.56 Å². The largest absolute Gasteiger partial charge is 0.261 e. The van der Waals surface area contributed by atoms with Gasteiger partial charge in [-0.2, -0.15) is 0 Å². The molecule has 0 aromatic heterocycles. The highest BCUT2D eigenvalue weighted by molar-refractivity contribution is 6.38. The van der Waals surface area contributed by atoms with Crippen molar-refractivity contribution in [2.45, 2.75) is 5.47 Å². The molecule has 3 heteroatoms. The van der Waals surface area contributed by atoms with Crippen molar-refractivity contribution in [2.24, 2.45) is 0 Å². The number of halogens is 1. The SMILES string of the molecule is [B]C([B])(F)c1ccccc1. The molecule has 1 rings (SSSR count). The molecule has 0 saturated carbocycles. The second-order valence-electron chi connectivity index (χ2n) is 2.13. The summed E-state index contributed by atoms with van der Waals surface area (Å²) < 4.78 is 12.7. The van der Waals surface area contributed by atoms with Gasteiger partial charge < -0.3 is 0 Å². The molecule has 0 nitrogen and oxygen atoms in total. The lowest BCUT2D eigenvalue weighted by molar-refractivity contribution is 0.403. The average molecular weight is 130 g/mol. The molecule has 0 bridgehead atoms. The Morgan fingerprint density at radius 3 is 1.90 bits per heavy atom. The maximum Gasteiger partial charge on any atom is 0.113 e. The highest BCUT2D eigenvalue weighted by Crippen LogP contribution is 2.16. The van der Waals surface area contributed by atoms with Crippen LogP contribution in [0.5, 0.6) is 0 Å². The van der Waals surface area contributed by atoms with Crippen LogP contribution in [-0.2, 0) is 5.47 Å². The fraction of sp³-hybridized carbons (Fsp3) is 0.143. The van der Waals surface area contributed by atoms with Crippen LogP contribution in [0.15, 0.2) is 30.3 Å². The summed E-state index contributed by atoms with van der Waals surface area (Å²) in [5, 5.41) is 0. The number of rotatable bonds is 1. The zero-order valence-electron chi connectivity index (χ0n) is 5.42. The van der Waals surface area contributed by atoms with Gasteiger partial charge in [-0.25, -0.2) is 0 Å². The van der Waals surface area contributed by atoms with Gasteiger partial charge in [-0.15, -0.1) is 0 Å². The quantitative estimate of drug-likeness (QED) is 0.499. The van der Waals surface area contributed by atoms with Crippen LogP contribution in [0.3, 0.4) is 0 Å². The van der Waals surface area contributed by atoms with Gasteiger partial charge in [0.15, 0.2) is 0 Å². The third-order valence-electron chi connectivity index (χ3n) is 1.22. The van der Waals surface area contributed by atoms with E-state index in [2.05, 4.69) is 0 Å². The predicted octanol–water partition coefficient (Wildman–Crippen LogP) is 1.10. The first-order chi connectivity index (χ1) is 4.61. The molecule has 0 fully saturated rings. The van der Waals surface area contributed by atoms with Crippen LogP contribution in [0, 0.1) is 0 Å². The van der Waals surface area contributed by atoms with Crippen molar-refractivity contribution in [3.8, 4) is 0 Å². The zero-order valence-corrected chi connectivity index (χ0v) is 5.42. The summed E-state index contributed by atoms with van der Waals surface area (Å²) in [6.07, 6.45) is 0. The van der Waals surface area contributed by atoms with Crippen LogP contribution in [-0.4, -0.2) is 15.7 Å². The monoisotopic (exact) mass is 130 g/mol. The van der Waals surface area contributed by atoms with Gasteiger partial charge in [0.05, 0.1) is 5.47 Å². The van der Waals surface area contributed by atoms with Gasteiger partial charge in [0.2, 0.25) is 0 Å². The van der Waals surface area contributed by atoms with E-state index in [-0.39, 0.29) is 5.56 Å². The van der Waals surface area contributed by atoms with Crippen LogP contribution in [0.2, 0.25) is 0 Å². The Kier molecular flexibility index (Phi) is 1.84. The minimum absolute atomic E-state index is 0.287. The van der Waals surface area contributed by atoms with E-state index in [1.54, 1.807) is 30.3 Å². The molecule has 0 unspecified atom stereocenters. The number of alkyl halides is 1. The fourth-order valence-corrected chi connectivity index (χ4v) is 0.694. The maximum atomic E-state index is 12.7. The normalized spacial score (nSPS) is 11.3. The summed E-state index contributed by atoms with van der Waals surface area (Å²) >= 11 is 0. The van der Waals surface area contributed by atoms with E-state index in [0.717, 1.165) is 0 Å². The van der Waals surface area contributed by atoms with Crippen LogP contribution >= 0.6 is 0 Å². The summed E-state index contributed by atoms with van der Waals surface area (Å²) in [7, 11) is 9.94. The van der Waals surface area contributed by atoms with E-state index in [1.807, 2.05) is 0 Å². The number of benzene rings is 1. The molecule has 4 radical (unpaired) electrons. The Morgan fingerprint density at radius 2 is 1.60 bits per heavy atom. The third kappa shape index (κ3) is 1.63. The van der Waals surface area contributed by atoms with E-state index in [1.165, 1.54) is 0 Å². The van der Waals surface area contributed by atoms with Crippen LogP contribution in [0.4, 0.5) is 4.39 Å². The molecule has 0 amide bonds. The van der Waals surface area contributed by atoms with Crippen molar-refractivity contribution < 1.29 is 4.39 Å². The lowest BCUT2D eigenvalue weighted by Crippen LogP contribution is -2.19. The summed E-state index contributed by atoms with van der Waals surface area (Å²) in [6.45, 7) is 0. The Labute approximate surface area is 62.3 Å². The average Bonchev–Trinajstić information content (AvgIpc) is 1.88. The molecule has 10 heavy (non-hydrogen) atoms. The molecule has 0 heterocycles. The van der Waals surface area contributed by atoms with E-state index in [0.29, 0.717) is 0 Å². The van der Waals surface area contributed by atoms with Gasteiger partial charge in [0, 0.05) is 0 Å². The molecule has 0 aliphatic rings. The maximum absolute atomic E-state index is 12.7. The van der Waals surface area contributed by atoms with Crippen LogP contribution < -0.4 is 0 Å². The molecular weight excluding hydrogens is 125 g/mol. The highest BCUT2D eigenvalue weighted by atomic mass is 19.1. The Balaban J connectivity index is 2.97. The molecule has 0 aliphatic carbocycles. The molecular formula is C7H5B2F. The minimum atomic E-state index is -2.21. The van der Waals surface area contributed by atoms with E-state index in [9.17, 15) is 4.39 Å². The molecule has 0 atom stereocenters. The first-order valence-electron chi connectivity index (χ1n) is 2.93. The first-order valence-corrected chi connectivity index (χ1v) is 2.93. The Hall–Kier alpha value is -0.720. The third-order valence-corrected chi connectivity index (χ3v) is 1.22. The van der Waals surface area contributed by atoms with Gasteiger partial charge in [-0.05, 0) is 5.56 Å². The van der Waals surface area contributed by atoms with Crippen molar-refractivity contribution in [1.29, 1.82) is 0 Å². The highest BCUT2D eigenvalue weighted by Gasteiger charge is 2.15. The van der Waals surface area contributed by atoms with E-state index < -0.39 is 5.47 Å². The zero-order chi connectivity index (χ0) is 7.61. The van der Waals surface area contributed by atoms with Crippen LogP contribution in [0.25, 0.3) is 0 Å². The van der Waals surface area contributed by atoms with Gasteiger partial charge >= 0.3 is 0 Å². The van der Waals surface area contributed by atoms with Crippen molar-refractivity contribution in [2.75, 3.05) is 0 Å². The van der Waals surface area contributed by atoms with E-state index in [4.69, 9.17) is 15.7 Å². The first kappa shape index (κ1) is 7.39. The predicted molar refractivity (Wildman–Crippen MR) is 40.7 cm³/mol. The number of hydrogen-bond acceptors (Lipinski definition) is 0. The fourth-order valence-electron chi connectivity index (χ4n) is 0.694. The minimum Gasteiger partial charge on any atom is -0.261 e. The second kappa shape index (κ2) is 2.49. The summed E-state index contributed by atoms with van der Waals surface area (Å²) in [4.78, 5) is 0. The summed E-state index contributed by atoms with van der Waals surface area (Å²) in [5.41, 5.74) is -1.92. The molecule has 0 saturated heterocycles. The standard InChI is InChI=1S/C7H5B2F/c8-7(9,10)6-4-2-1-3-5-6/h1-5H. The van der Waals surface area contributed by atoms with Gasteiger partial charge in [-0.3, -0.25) is 4.39 Å². The van der Waals surface area contributed by atoms with E-state index >= 15 is 0 Å². The molecule has 0 N–H and O–H groups in total. The van der Waals surface area contributed by atoms with Gasteiger partial charge in [0.25, 0.3) is 0 Å². The second-order valence-corrected chi connectivity index (χ2v) is 2.13. The van der Waals surface area contributed by atoms with Gasteiger partial charge in [-0.1, -0.05) is 30.3 Å². The number of hydrogen-bond donors (Lipinski definition) is 0. The Morgan fingerprint density at radius 1 is 1.10 bits per heavy atom. The molecule has 0 spiro atoms. The van der Waals surface area contributed by atoms with Crippen molar-refractivity contribution in [3.05, 3.63) is 35.9 Å². The lowest BCUT2D eigenvalue weighted by atomic mass is 9.63. The molecule has 1 aromatic rings. The van der Waals surface area contributed by atoms with Crippen molar-refractivity contribution >= 4 is 15.7 Å². The Bertz CT molecular complexity index is 203. The molecule has 0 aliphatic heterocycles. The topological polar surface area (TPSA) is 0 Å².